The monoisotopic (exact) mass is 600 g/mol. The average molecular weight is 601 g/mol. The molecule has 6 heteroatoms. The summed E-state index contributed by atoms with van der Waals surface area (Å²) in [5.74, 6) is -1.79. The highest BCUT2D eigenvalue weighted by atomic mass is 16.3. The molecule has 0 saturated heterocycles. The van der Waals surface area contributed by atoms with Gasteiger partial charge in [0.15, 0.2) is 23.1 Å². The molecule has 0 spiro atoms. The molecule has 6 nitrogen and oxygen atoms in total. The lowest BCUT2D eigenvalue weighted by Gasteiger charge is -2.60. The Balaban J connectivity index is 2.16. The molecule has 4 atom stereocenters. The summed E-state index contributed by atoms with van der Waals surface area (Å²) in [6.45, 7) is 24.4. The molecule has 1 saturated carbocycles. The summed E-state index contributed by atoms with van der Waals surface area (Å²) in [6.07, 6.45) is 7.09. The summed E-state index contributed by atoms with van der Waals surface area (Å²) < 4.78 is 6.46. The fourth-order valence-electron chi connectivity index (χ4n) is 7.57. The van der Waals surface area contributed by atoms with Gasteiger partial charge in [0.1, 0.15) is 16.9 Å². The third-order valence-corrected chi connectivity index (χ3v) is 10.4. The second-order valence-electron chi connectivity index (χ2n) is 14.5. The molecule has 2 N–H and O–H groups in total. The number of hydrogen-bond acceptors (Lipinski definition) is 6. The minimum Gasteiger partial charge on any atom is -0.504 e. The van der Waals surface area contributed by atoms with Gasteiger partial charge in [-0.05, 0) is 103 Å². The smallest absolute Gasteiger partial charge is 0.204 e. The van der Waals surface area contributed by atoms with Crippen molar-refractivity contribution in [1.82, 2.24) is 0 Å². The van der Waals surface area contributed by atoms with Gasteiger partial charge in [0, 0.05) is 6.07 Å². The molecule has 1 unspecified atom stereocenters. The number of phenols is 2. The van der Waals surface area contributed by atoms with Crippen LogP contribution < -0.4 is 5.43 Å². The Kier molecular flexibility index (Phi) is 8.82. The Morgan fingerprint density at radius 2 is 1.61 bits per heavy atom. The van der Waals surface area contributed by atoms with Gasteiger partial charge in [-0.15, -0.1) is 6.58 Å². The Labute approximate surface area is 261 Å². The molecule has 1 aromatic heterocycles. The highest BCUT2D eigenvalue weighted by Crippen LogP contribution is 2.66. The number of phenolic OH excluding ortho intramolecular Hbond substituents is 2. The maximum Gasteiger partial charge on any atom is 0.204 e. The van der Waals surface area contributed by atoms with E-state index in [4.69, 9.17) is 4.42 Å². The largest absolute Gasteiger partial charge is 0.504 e. The number of hydrogen-bond donors (Lipinski definition) is 2. The second-order valence-corrected chi connectivity index (χ2v) is 14.5. The van der Waals surface area contributed by atoms with Gasteiger partial charge < -0.3 is 14.6 Å². The summed E-state index contributed by atoms with van der Waals surface area (Å²) in [5, 5.41) is 20.6. The summed E-state index contributed by atoms with van der Waals surface area (Å²) in [7, 11) is 0. The Morgan fingerprint density at radius 1 is 1.00 bits per heavy atom. The highest BCUT2D eigenvalue weighted by Gasteiger charge is 2.72. The first-order valence-corrected chi connectivity index (χ1v) is 15.6. The van der Waals surface area contributed by atoms with Crippen molar-refractivity contribution in [3.05, 3.63) is 81.3 Å². The third kappa shape index (κ3) is 5.20. The predicted octanol–water partition coefficient (Wildman–Crippen LogP) is 8.89. The number of allylic oxidation sites excluding steroid dienone is 6. The van der Waals surface area contributed by atoms with Crippen molar-refractivity contribution in [3.8, 4) is 11.5 Å². The van der Waals surface area contributed by atoms with Gasteiger partial charge >= 0.3 is 0 Å². The maximum absolute atomic E-state index is 15.4. The number of Topliss-reactive ketones (excluding diaryl/α,β-unsaturated/α-hetero) is 2. The molecule has 44 heavy (non-hydrogen) atoms. The van der Waals surface area contributed by atoms with Crippen LogP contribution in [0.4, 0.5) is 0 Å². The molecule has 0 radical (unpaired) electrons. The van der Waals surface area contributed by atoms with Gasteiger partial charge in [-0.2, -0.15) is 0 Å². The lowest BCUT2D eigenvalue weighted by atomic mass is 9.39. The van der Waals surface area contributed by atoms with Crippen molar-refractivity contribution in [2.75, 3.05) is 0 Å². The van der Waals surface area contributed by atoms with Crippen molar-refractivity contribution >= 4 is 22.5 Å². The third-order valence-electron chi connectivity index (χ3n) is 10.4. The molecular formula is C38H48O6. The molecule has 0 aliphatic heterocycles. The van der Waals surface area contributed by atoms with Gasteiger partial charge in [0.2, 0.25) is 5.43 Å². The van der Waals surface area contributed by atoms with Crippen molar-refractivity contribution in [3.63, 3.8) is 0 Å². The van der Waals surface area contributed by atoms with Crippen molar-refractivity contribution in [1.29, 1.82) is 0 Å². The number of ketones is 2. The van der Waals surface area contributed by atoms with E-state index < -0.39 is 39.0 Å². The molecule has 236 valence electrons. The average Bonchev–Trinajstić information content (AvgIpc) is 2.91. The molecule has 1 fully saturated rings. The van der Waals surface area contributed by atoms with E-state index in [2.05, 4.69) is 33.1 Å². The zero-order chi connectivity index (χ0) is 32.9. The van der Waals surface area contributed by atoms with Crippen LogP contribution in [-0.4, -0.2) is 21.8 Å². The number of carbonyl (C=O) groups excluding carboxylic acids is 2. The summed E-state index contributed by atoms with van der Waals surface area (Å²) in [5.41, 5.74) is -0.137. The lowest BCUT2D eigenvalue weighted by Crippen LogP contribution is -2.68. The van der Waals surface area contributed by atoms with Gasteiger partial charge in [0.05, 0.1) is 16.2 Å². The summed E-state index contributed by atoms with van der Waals surface area (Å²) >= 11 is 0. The van der Waals surface area contributed by atoms with E-state index in [0.717, 1.165) is 34.8 Å². The normalized spacial score (nSPS) is 24.4. The number of carbonyl (C=O) groups is 2. The zero-order valence-corrected chi connectivity index (χ0v) is 27.6. The minimum absolute atomic E-state index is 0.00929. The van der Waals surface area contributed by atoms with E-state index in [-0.39, 0.29) is 52.8 Å². The van der Waals surface area contributed by atoms with E-state index >= 15 is 4.79 Å². The van der Waals surface area contributed by atoms with Gasteiger partial charge in [0.25, 0.3) is 0 Å². The van der Waals surface area contributed by atoms with E-state index in [1.807, 2.05) is 47.6 Å². The number of benzene rings is 1. The van der Waals surface area contributed by atoms with Crippen molar-refractivity contribution in [2.24, 2.45) is 22.7 Å². The molecule has 1 aromatic carbocycles. The molecule has 0 amide bonds. The van der Waals surface area contributed by atoms with Crippen molar-refractivity contribution in [2.45, 2.75) is 99.3 Å². The van der Waals surface area contributed by atoms with Crippen LogP contribution in [0, 0.1) is 22.7 Å². The molecule has 2 aromatic rings. The zero-order valence-electron chi connectivity index (χ0n) is 27.6. The van der Waals surface area contributed by atoms with Crippen LogP contribution in [0.2, 0.25) is 0 Å². The van der Waals surface area contributed by atoms with E-state index in [1.165, 1.54) is 6.07 Å². The standard InChI is InChI=1S/C38H48O6/c1-21(2)11-13-25(24(7)8)19-37-20-26(14-12-22(3)4)36(9,10)38(35(37)43,16-15-23(5)6)34-31(33(37)42)32(41)27-17-28(39)29(40)18-30(27)44-34/h12,15,17-18,25-26,39-40H,1,7,11,13-14,16,19-20H2,2-6,8-10H3/t25?,26-,37-,38+/m0/s1. The van der Waals surface area contributed by atoms with Crippen LogP contribution in [0.25, 0.3) is 11.0 Å². The fourth-order valence-corrected chi connectivity index (χ4v) is 7.57. The fraction of sp³-hybridized carbons (Fsp3) is 0.500. The second kappa shape index (κ2) is 11.7. The molecule has 2 aliphatic carbocycles. The Bertz CT molecular complexity index is 1670. The first kappa shape index (κ1) is 33.2. The first-order valence-electron chi connectivity index (χ1n) is 15.6. The molecular weight excluding hydrogens is 552 g/mol. The predicted molar refractivity (Wildman–Crippen MR) is 176 cm³/mol. The minimum atomic E-state index is -1.46. The maximum atomic E-state index is 15.4. The Hall–Kier alpha value is -3.67. The Morgan fingerprint density at radius 3 is 2.18 bits per heavy atom. The number of rotatable bonds is 10. The molecule has 1 heterocycles. The lowest BCUT2D eigenvalue weighted by molar-refractivity contribution is -0.152. The SMILES string of the molecule is C=C(C)CCC(C[C@@]12C[C@H](CC=C(C)C)C(C)(C)[C@@](CC=C(C)C)(C1=O)c1oc3cc(O)c(O)cc3c(=O)c1C2=O)C(=C)C. The van der Waals surface area contributed by atoms with Crippen LogP contribution in [0.3, 0.4) is 0 Å². The molecule has 4 rings (SSSR count). The molecule has 2 bridgehead atoms. The summed E-state index contributed by atoms with van der Waals surface area (Å²) in [6, 6.07) is 2.32. The topological polar surface area (TPSA) is 105 Å². The van der Waals surface area contributed by atoms with Crippen molar-refractivity contribution < 1.29 is 24.2 Å². The van der Waals surface area contributed by atoms with Gasteiger partial charge in [-0.3, -0.25) is 14.4 Å². The van der Waals surface area contributed by atoms with Gasteiger partial charge in [-0.1, -0.05) is 54.9 Å². The van der Waals surface area contributed by atoms with E-state index in [0.29, 0.717) is 19.3 Å². The quantitative estimate of drug-likeness (QED) is 0.160. The van der Waals surface area contributed by atoms with Crippen LogP contribution in [0.1, 0.15) is 110 Å². The summed E-state index contributed by atoms with van der Waals surface area (Å²) in [4.78, 5) is 44.7. The van der Waals surface area contributed by atoms with Crippen LogP contribution in [0.15, 0.2) is 68.9 Å². The number of fused-ring (bicyclic) bond motifs is 5. The van der Waals surface area contributed by atoms with Crippen LogP contribution in [0.5, 0.6) is 11.5 Å². The van der Waals surface area contributed by atoms with E-state index in [9.17, 15) is 19.8 Å². The van der Waals surface area contributed by atoms with Crippen LogP contribution in [-0.2, 0) is 10.2 Å². The first-order chi connectivity index (χ1) is 20.4. The van der Waals surface area contributed by atoms with E-state index in [1.54, 1.807) is 0 Å². The van der Waals surface area contributed by atoms with Crippen LogP contribution >= 0.6 is 0 Å². The molecule has 2 aliphatic rings. The highest BCUT2D eigenvalue weighted by molar-refractivity contribution is 6.23. The number of aromatic hydroxyl groups is 2. The van der Waals surface area contributed by atoms with Gasteiger partial charge in [-0.25, -0.2) is 0 Å².